The molecule has 0 fully saturated rings. The zero-order chi connectivity index (χ0) is 14.7. The summed E-state index contributed by atoms with van der Waals surface area (Å²) in [5.41, 5.74) is 9.61. The first kappa shape index (κ1) is 17.9. The van der Waals surface area contributed by atoms with Gasteiger partial charge in [0, 0.05) is 0 Å². The third-order valence-corrected chi connectivity index (χ3v) is 3.45. The van der Waals surface area contributed by atoms with Crippen LogP contribution in [0.4, 0.5) is 0 Å². The standard InChI is InChI=1S/C18H31N/c1-6-8-9-10-18(13-16(4)14-19)17(5)12-11-15(3)7-2/h7,11-12,16H,2-3,6,8-10,13-14,19H2,1,4-5H3/b12-11-,18-17-. The SMILES string of the molecule is C=CC(=C)/C=C\C(C)=C(\CCCCC)CC(C)CN. The lowest BCUT2D eigenvalue weighted by Gasteiger charge is -2.14. The molecular formula is C18H31N. The van der Waals surface area contributed by atoms with Gasteiger partial charge in [0.25, 0.3) is 0 Å². The van der Waals surface area contributed by atoms with Gasteiger partial charge in [0.15, 0.2) is 0 Å². The molecule has 0 aliphatic rings. The summed E-state index contributed by atoms with van der Waals surface area (Å²) in [5, 5.41) is 0. The largest absolute Gasteiger partial charge is 0.330 e. The lowest BCUT2D eigenvalue weighted by Crippen LogP contribution is -2.11. The molecule has 108 valence electrons. The van der Waals surface area contributed by atoms with E-state index < -0.39 is 0 Å². The predicted molar refractivity (Wildman–Crippen MR) is 88.2 cm³/mol. The first-order chi connectivity index (χ1) is 9.04. The average Bonchev–Trinajstić information content (AvgIpc) is 2.43. The highest BCUT2D eigenvalue weighted by Crippen LogP contribution is 2.22. The molecule has 1 atom stereocenters. The molecule has 0 aliphatic heterocycles. The fraction of sp³-hybridized carbons (Fsp3) is 0.556. The minimum absolute atomic E-state index is 0.558. The molecule has 1 unspecified atom stereocenters. The summed E-state index contributed by atoms with van der Waals surface area (Å²) in [6.45, 7) is 15.0. The lowest BCUT2D eigenvalue weighted by molar-refractivity contribution is 0.565. The Balaban J connectivity index is 4.79. The van der Waals surface area contributed by atoms with E-state index in [-0.39, 0.29) is 0 Å². The van der Waals surface area contributed by atoms with Gasteiger partial charge in [0.05, 0.1) is 0 Å². The molecule has 0 saturated carbocycles. The Bertz CT molecular complexity index is 334. The smallest absolute Gasteiger partial charge is 0.00484 e. The van der Waals surface area contributed by atoms with E-state index in [0.717, 1.165) is 18.5 Å². The first-order valence-corrected chi connectivity index (χ1v) is 7.43. The third-order valence-electron chi connectivity index (χ3n) is 3.45. The second kappa shape index (κ2) is 10.8. The van der Waals surface area contributed by atoms with Crippen molar-refractivity contribution in [3.8, 4) is 0 Å². The van der Waals surface area contributed by atoms with Gasteiger partial charge in [-0.15, -0.1) is 0 Å². The molecule has 0 radical (unpaired) electrons. The van der Waals surface area contributed by atoms with Crippen LogP contribution in [0, 0.1) is 5.92 Å². The predicted octanol–water partition coefficient (Wildman–Crippen LogP) is 5.17. The number of hydrogen-bond donors (Lipinski definition) is 1. The monoisotopic (exact) mass is 261 g/mol. The molecule has 1 heteroatoms. The molecule has 0 rings (SSSR count). The van der Waals surface area contributed by atoms with Gasteiger partial charge in [-0.2, -0.15) is 0 Å². The summed E-state index contributed by atoms with van der Waals surface area (Å²) in [7, 11) is 0. The molecule has 0 saturated heterocycles. The molecule has 0 heterocycles. The highest BCUT2D eigenvalue weighted by Gasteiger charge is 2.06. The van der Waals surface area contributed by atoms with E-state index in [9.17, 15) is 0 Å². The maximum Gasteiger partial charge on any atom is -0.00484 e. The van der Waals surface area contributed by atoms with E-state index in [0.29, 0.717) is 5.92 Å². The molecule has 0 aliphatic carbocycles. The number of rotatable bonds is 10. The number of unbranched alkanes of at least 4 members (excludes halogenated alkanes) is 2. The average molecular weight is 261 g/mol. The lowest BCUT2D eigenvalue weighted by atomic mass is 9.93. The Morgan fingerprint density at radius 1 is 1.26 bits per heavy atom. The van der Waals surface area contributed by atoms with Gasteiger partial charge in [0.2, 0.25) is 0 Å². The van der Waals surface area contributed by atoms with Crippen molar-refractivity contribution in [2.24, 2.45) is 11.7 Å². The highest BCUT2D eigenvalue weighted by molar-refractivity contribution is 5.33. The third kappa shape index (κ3) is 8.61. The van der Waals surface area contributed by atoms with Crippen LogP contribution >= 0.6 is 0 Å². The van der Waals surface area contributed by atoms with E-state index in [4.69, 9.17) is 5.73 Å². The summed E-state index contributed by atoms with van der Waals surface area (Å²) in [5.74, 6) is 0.558. The van der Waals surface area contributed by atoms with Crippen molar-refractivity contribution in [3.05, 3.63) is 48.1 Å². The molecule has 0 aromatic rings. The Morgan fingerprint density at radius 2 is 1.95 bits per heavy atom. The molecule has 0 bridgehead atoms. The minimum Gasteiger partial charge on any atom is -0.330 e. The molecule has 0 aromatic heterocycles. The van der Waals surface area contributed by atoms with Crippen LogP contribution in [-0.2, 0) is 0 Å². The van der Waals surface area contributed by atoms with Gasteiger partial charge >= 0.3 is 0 Å². The number of allylic oxidation sites excluding steroid dienone is 6. The highest BCUT2D eigenvalue weighted by atomic mass is 14.5. The van der Waals surface area contributed by atoms with E-state index in [1.54, 1.807) is 11.6 Å². The first-order valence-electron chi connectivity index (χ1n) is 7.43. The van der Waals surface area contributed by atoms with Crippen LogP contribution in [0.25, 0.3) is 0 Å². The molecule has 0 amide bonds. The van der Waals surface area contributed by atoms with Crippen LogP contribution in [0.3, 0.4) is 0 Å². The van der Waals surface area contributed by atoms with Gasteiger partial charge in [-0.25, -0.2) is 0 Å². The molecule has 0 aromatic carbocycles. The van der Waals surface area contributed by atoms with Crippen molar-refractivity contribution in [3.63, 3.8) is 0 Å². The molecule has 1 nitrogen and oxygen atoms in total. The van der Waals surface area contributed by atoms with E-state index in [1.165, 1.54) is 31.3 Å². The van der Waals surface area contributed by atoms with Crippen LogP contribution in [0.1, 0.15) is 52.9 Å². The normalized spacial score (nSPS) is 14.3. The quantitative estimate of drug-likeness (QED) is 0.426. The van der Waals surface area contributed by atoms with Crippen molar-refractivity contribution in [2.75, 3.05) is 6.54 Å². The fourth-order valence-corrected chi connectivity index (χ4v) is 1.97. The summed E-state index contributed by atoms with van der Waals surface area (Å²) in [6.07, 6.45) is 12.1. The van der Waals surface area contributed by atoms with Crippen molar-refractivity contribution < 1.29 is 0 Å². The second-order valence-corrected chi connectivity index (χ2v) is 5.40. The van der Waals surface area contributed by atoms with Gasteiger partial charge in [0.1, 0.15) is 0 Å². The van der Waals surface area contributed by atoms with Crippen molar-refractivity contribution in [2.45, 2.75) is 52.9 Å². The van der Waals surface area contributed by atoms with Crippen LogP contribution in [0.5, 0.6) is 0 Å². The van der Waals surface area contributed by atoms with E-state index >= 15 is 0 Å². The zero-order valence-electron chi connectivity index (χ0n) is 13.0. The van der Waals surface area contributed by atoms with Gasteiger partial charge < -0.3 is 5.73 Å². The zero-order valence-corrected chi connectivity index (χ0v) is 13.0. The second-order valence-electron chi connectivity index (χ2n) is 5.40. The van der Waals surface area contributed by atoms with E-state index in [2.05, 4.69) is 40.0 Å². The van der Waals surface area contributed by atoms with Crippen LogP contribution < -0.4 is 5.73 Å². The summed E-state index contributed by atoms with van der Waals surface area (Å²) in [6, 6.07) is 0. The minimum atomic E-state index is 0.558. The molecular weight excluding hydrogens is 230 g/mol. The fourth-order valence-electron chi connectivity index (χ4n) is 1.97. The summed E-state index contributed by atoms with van der Waals surface area (Å²) in [4.78, 5) is 0. The maximum atomic E-state index is 5.75. The number of hydrogen-bond acceptors (Lipinski definition) is 1. The molecule has 0 spiro atoms. The van der Waals surface area contributed by atoms with Gasteiger partial charge in [-0.1, -0.05) is 69.2 Å². The van der Waals surface area contributed by atoms with Gasteiger partial charge in [-0.05, 0) is 44.2 Å². The number of nitrogens with two attached hydrogens (primary N) is 1. The molecule has 19 heavy (non-hydrogen) atoms. The van der Waals surface area contributed by atoms with E-state index in [1.807, 2.05) is 6.08 Å². The topological polar surface area (TPSA) is 26.0 Å². The van der Waals surface area contributed by atoms with Crippen molar-refractivity contribution in [1.82, 2.24) is 0 Å². The van der Waals surface area contributed by atoms with Gasteiger partial charge in [-0.3, -0.25) is 0 Å². The Labute approximate surface area is 120 Å². The summed E-state index contributed by atoms with van der Waals surface area (Å²) < 4.78 is 0. The van der Waals surface area contributed by atoms with Crippen molar-refractivity contribution >= 4 is 0 Å². The maximum absolute atomic E-state index is 5.75. The van der Waals surface area contributed by atoms with Crippen LogP contribution in [0.2, 0.25) is 0 Å². The van der Waals surface area contributed by atoms with Crippen LogP contribution in [-0.4, -0.2) is 6.54 Å². The Kier molecular flexibility index (Phi) is 10.2. The van der Waals surface area contributed by atoms with Crippen LogP contribution in [0.15, 0.2) is 48.1 Å². The molecule has 2 N–H and O–H groups in total. The van der Waals surface area contributed by atoms with Crippen molar-refractivity contribution in [1.29, 1.82) is 0 Å². The Hall–Kier alpha value is -1.08. The summed E-state index contributed by atoms with van der Waals surface area (Å²) >= 11 is 0. The Morgan fingerprint density at radius 3 is 2.47 bits per heavy atom.